The molecule has 2 rings (SSSR count). The summed E-state index contributed by atoms with van der Waals surface area (Å²) in [5.74, 6) is -0.619. The molecule has 1 saturated heterocycles. The molecular weight excluding hydrogens is 290 g/mol. The summed E-state index contributed by atoms with van der Waals surface area (Å²) in [5.41, 5.74) is 6.20. The van der Waals surface area contributed by atoms with E-state index in [1.807, 2.05) is 0 Å². The van der Waals surface area contributed by atoms with Crippen molar-refractivity contribution in [2.45, 2.75) is 30.7 Å². The van der Waals surface area contributed by atoms with Gasteiger partial charge in [0.05, 0.1) is 4.90 Å². The van der Waals surface area contributed by atoms with Crippen molar-refractivity contribution in [3.05, 3.63) is 29.3 Å². The summed E-state index contributed by atoms with van der Waals surface area (Å²) < 4.78 is 26.7. The van der Waals surface area contributed by atoms with Crippen molar-refractivity contribution in [2.24, 2.45) is 5.73 Å². The normalized spacial score (nSPS) is 19.7. The molecule has 1 atom stereocenters. The van der Waals surface area contributed by atoms with Gasteiger partial charge in [-0.2, -0.15) is 4.31 Å². The third kappa shape index (κ3) is 3.25. The Morgan fingerprint density at radius 1 is 1.43 bits per heavy atom. The minimum atomic E-state index is -3.63. The van der Waals surface area contributed by atoms with Crippen LogP contribution in [0.25, 0.3) is 0 Å². The van der Waals surface area contributed by atoms with Crippen molar-refractivity contribution in [3.63, 3.8) is 0 Å². The van der Waals surface area contributed by atoms with Crippen LogP contribution in [0.5, 0.6) is 0 Å². The molecule has 0 aliphatic carbocycles. The van der Waals surface area contributed by atoms with Crippen LogP contribution in [0.1, 0.15) is 28.8 Å². The molecule has 1 heterocycles. The van der Waals surface area contributed by atoms with Gasteiger partial charge in [0, 0.05) is 25.2 Å². The van der Waals surface area contributed by atoms with E-state index in [2.05, 4.69) is 5.32 Å². The predicted molar refractivity (Wildman–Crippen MR) is 80.5 cm³/mol. The molecule has 1 aliphatic heterocycles. The molecule has 0 spiro atoms. The summed E-state index contributed by atoms with van der Waals surface area (Å²) in [5, 5.41) is 3.20. The molecule has 21 heavy (non-hydrogen) atoms. The lowest BCUT2D eigenvalue weighted by molar-refractivity contribution is 0.0999. The first-order valence-electron chi connectivity index (χ1n) is 6.93. The third-order valence-electron chi connectivity index (χ3n) is 3.94. The second-order valence-electron chi connectivity index (χ2n) is 5.36. The molecule has 1 amide bonds. The quantitative estimate of drug-likeness (QED) is 0.845. The largest absolute Gasteiger partial charge is 0.366 e. The van der Waals surface area contributed by atoms with Gasteiger partial charge in [-0.3, -0.25) is 4.79 Å². The number of hydrogen-bond donors (Lipinski definition) is 2. The van der Waals surface area contributed by atoms with Gasteiger partial charge >= 0.3 is 0 Å². The van der Waals surface area contributed by atoms with Crippen LogP contribution in [0.4, 0.5) is 0 Å². The number of nitrogens with one attached hydrogen (secondary N) is 1. The number of nitrogens with two attached hydrogens (primary N) is 1. The van der Waals surface area contributed by atoms with Crippen LogP contribution in [0.15, 0.2) is 23.1 Å². The summed E-state index contributed by atoms with van der Waals surface area (Å²) in [6, 6.07) is 4.42. The number of carbonyl (C=O) groups excluding carboxylic acids is 1. The van der Waals surface area contributed by atoms with Crippen LogP contribution in [-0.2, 0) is 10.0 Å². The number of benzene rings is 1. The third-order valence-corrected chi connectivity index (χ3v) is 5.84. The number of piperidine rings is 1. The first-order valence-corrected chi connectivity index (χ1v) is 8.37. The smallest absolute Gasteiger partial charge is 0.249 e. The molecule has 1 aromatic carbocycles. The first kappa shape index (κ1) is 15.9. The number of primary amides is 1. The first-order chi connectivity index (χ1) is 9.84. The minimum Gasteiger partial charge on any atom is -0.366 e. The zero-order valence-corrected chi connectivity index (χ0v) is 13.1. The Labute approximate surface area is 125 Å². The van der Waals surface area contributed by atoms with E-state index >= 15 is 0 Å². The van der Waals surface area contributed by atoms with Crippen molar-refractivity contribution < 1.29 is 13.2 Å². The second kappa shape index (κ2) is 6.13. The van der Waals surface area contributed by atoms with Crippen molar-refractivity contribution in [1.29, 1.82) is 0 Å². The summed E-state index contributed by atoms with van der Waals surface area (Å²) in [4.78, 5) is 11.5. The molecule has 1 aliphatic rings. The number of carbonyl (C=O) groups is 1. The predicted octanol–water partition coefficient (Wildman–Crippen LogP) is 0.466. The summed E-state index contributed by atoms with van der Waals surface area (Å²) in [7, 11) is -2.05. The van der Waals surface area contributed by atoms with E-state index in [0.717, 1.165) is 19.4 Å². The Morgan fingerprint density at radius 3 is 2.71 bits per heavy atom. The summed E-state index contributed by atoms with van der Waals surface area (Å²) in [6.45, 7) is 3.29. The van der Waals surface area contributed by atoms with Crippen LogP contribution < -0.4 is 11.1 Å². The van der Waals surface area contributed by atoms with Gasteiger partial charge in [-0.1, -0.05) is 6.07 Å². The van der Waals surface area contributed by atoms with E-state index in [0.29, 0.717) is 12.1 Å². The molecule has 1 aromatic rings. The number of amides is 1. The molecule has 1 unspecified atom stereocenters. The molecule has 3 N–H and O–H groups in total. The molecule has 0 aromatic heterocycles. The Morgan fingerprint density at radius 2 is 2.14 bits per heavy atom. The highest BCUT2D eigenvalue weighted by Gasteiger charge is 2.29. The number of sulfonamides is 1. The van der Waals surface area contributed by atoms with E-state index in [-0.39, 0.29) is 16.5 Å². The molecular formula is C14H21N3O3S. The Bertz CT molecular complexity index is 637. The Balaban J connectivity index is 2.34. The average Bonchev–Trinajstić information content (AvgIpc) is 2.47. The highest BCUT2D eigenvalue weighted by molar-refractivity contribution is 7.89. The van der Waals surface area contributed by atoms with Crippen LogP contribution in [0, 0.1) is 6.92 Å². The topological polar surface area (TPSA) is 92.5 Å². The maximum absolute atomic E-state index is 12.7. The Kier molecular flexibility index (Phi) is 4.65. The monoisotopic (exact) mass is 311 g/mol. The number of aryl methyl sites for hydroxylation is 1. The highest BCUT2D eigenvalue weighted by atomic mass is 32.2. The van der Waals surface area contributed by atoms with Gasteiger partial charge in [-0.05, 0) is 44.0 Å². The van der Waals surface area contributed by atoms with Crippen molar-refractivity contribution >= 4 is 15.9 Å². The van der Waals surface area contributed by atoms with Crippen LogP contribution in [-0.4, -0.2) is 44.8 Å². The van der Waals surface area contributed by atoms with Gasteiger partial charge in [0.25, 0.3) is 0 Å². The van der Waals surface area contributed by atoms with E-state index in [4.69, 9.17) is 5.73 Å². The maximum atomic E-state index is 12.7. The van der Waals surface area contributed by atoms with Crippen molar-refractivity contribution in [1.82, 2.24) is 9.62 Å². The van der Waals surface area contributed by atoms with Gasteiger partial charge in [0.2, 0.25) is 15.9 Å². The maximum Gasteiger partial charge on any atom is 0.249 e. The molecule has 0 saturated carbocycles. The number of likely N-dealkylation sites (N-methyl/N-ethyl adjacent to an activating group) is 1. The standard InChI is InChI=1S/C14H21N3O3S/c1-10-5-6-12(8-13(10)14(15)18)21(19,20)17(2)11-4-3-7-16-9-11/h5-6,8,11,16H,3-4,7,9H2,1-2H3,(H2,15,18). The SMILES string of the molecule is Cc1ccc(S(=O)(=O)N(C)C2CCCNC2)cc1C(N)=O. The molecule has 0 radical (unpaired) electrons. The molecule has 7 heteroatoms. The van der Waals surface area contributed by atoms with Gasteiger partial charge in [0.1, 0.15) is 0 Å². The summed E-state index contributed by atoms with van der Waals surface area (Å²) in [6.07, 6.45) is 1.78. The lowest BCUT2D eigenvalue weighted by Crippen LogP contribution is -2.46. The van der Waals surface area contributed by atoms with Crippen molar-refractivity contribution in [3.8, 4) is 0 Å². The second-order valence-corrected chi connectivity index (χ2v) is 7.36. The highest BCUT2D eigenvalue weighted by Crippen LogP contribution is 2.22. The average molecular weight is 311 g/mol. The van der Waals surface area contributed by atoms with Crippen molar-refractivity contribution in [2.75, 3.05) is 20.1 Å². The zero-order chi connectivity index (χ0) is 15.6. The minimum absolute atomic E-state index is 0.0675. The fourth-order valence-electron chi connectivity index (χ4n) is 2.53. The molecule has 1 fully saturated rings. The fourth-order valence-corrected chi connectivity index (χ4v) is 3.95. The van der Waals surface area contributed by atoms with E-state index in [1.165, 1.54) is 16.4 Å². The fraction of sp³-hybridized carbons (Fsp3) is 0.500. The van der Waals surface area contributed by atoms with E-state index < -0.39 is 15.9 Å². The van der Waals surface area contributed by atoms with Gasteiger partial charge in [0.15, 0.2) is 0 Å². The Hall–Kier alpha value is -1.44. The van der Waals surface area contributed by atoms with Gasteiger partial charge < -0.3 is 11.1 Å². The van der Waals surface area contributed by atoms with Gasteiger partial charge in [-0.15, -0.1) is 0 Å². The van der Waals surface area contributed by atoms with Gasteiger partial charge in [-0.25, -0.2) is 8.42 Å². The lowest BCUT2D eigenvalue weighted by Gasteiger charge is -2.31. The molecule has 116 valence electrons. The van der Waals surface area contributed by atoms with E-state index in [1.54, 1.807) is 20.0 Å². The number of hydrogen-bond acceptors (Lipinski definition) is 4. The number of rotatable bonds is 4. The molecule has 0 bridgehead atoms. The zero-order valence-electron chi connectivity index (χ0n) is 12.3. The van der Waals surface area contributed by atoms with Crippen LogP contribution in [0.3, 0.4) is 0 Å². The lowest BCUT2D eigenvalue weighted by atomic mass is 10.1. The van der Waals surface area contributed by atoms with Crippen LogP contribution in [0.2, 0.25) is 0 Å². The van der Waals surface area contributed by atoms with Crippen LogP contribution >= 0.6 is 0 Å². The summed E-state index contributed by atoms with van der Waals surface area (Å²) >= 11 is 0. The van der Waals surface area contributed by atoms with E-state index in [9.17, 15) is 13.2 Å². The number of nitrogens with zero attached hydrogens (tertiary/aromatic N) is 1. The molecule has 6 nitrogen and oxygen atoms in total.